The van der Waals surface area contributed by atoms with Crippen LogP contribution in [-0.2, 0) is 35.1 Å². The molecule has 32 heavy (non-hydrogen) atoms. The van der Waals surface area contributed by atoms with Crippen molar-refractivity contribution in [1.82, 2.24) is 15.2 Å². The summed E-state index contributed by atoms with van der Waals surface area (Å²) in [5, 5.41) is 4.19. The van der Waals surface area contributed by atoms with Gasteiger partial charge in [0.25, 0.3) is 5.91 Å². The number of hydrogen-bond acceptors (Lipinski definition) is 10. The molecule has 1 fully saturated rings. The Hall–Kier alpha value is -2.31. The summed E-state index contributed by atoms with van der Waals surface area (Å²) in [4.78, 5) is 54.3. The third-order valence-corrected chi connectivity index (χ3v) is 6.76. The molecule has 0 aromatic carbocycles. The van der Waals surface area contributed by atoms with Gasteiger partial charge in [0, 0.05) is 16.8 Å². The predicted octanol–water partition coefficient (Wildman–Crippen LogP) is 1.45. The van der Waals surface area contributed by atoms with E-state index in [1.54, 1.807) is 33.1 Å². The maximum Gasteiger partial charge on any atom is 0.339 e. The molecule has 13 heteroatoms. The number of nitrogens with one attached hydrogen (secondary N) is 1. The number of rotatable bonds is 6. The first-order valence-corrected chi connectivity index (χ1v) is 11.3. The molecular weight excluding hydrogens is 480 g/mol. The largest absolute Gasteiger partial charge is 0.427 e. The molecule has 0 radical (unpaired) electrons. The van der Waals surface area contributed by atoms with E-state index in [2.05, 4.69) is 10.3 Å². The van der Waals surface area contributed by atoms with E-state index >= 15 is 0 Å². The summed E-state index contributed by atoms with van der Waals surface area (Å²) in [5.41, 5.74) is 5.68. The van der Waals surface area contributed by atoms with E-state index in [4.69, 9.17) is 15.2 Å². The number of carbonyl (C=O) groups excluding carboxylic acids is 4. The molecule has 2 aliphatic heterocycles. The molecule has 0 aliphatic carbocycles. The molecule has 2 amide bonds. The summed E-state index contributed by atoms with van der Waals surface area (Å²) in [6.45, 7) is 6.38. The summed E-state index contributed by atoms with van der Waals surface area (Å²) < 4.78 is 9.97. The zero-order valence-corrected chi connectivity index (χ0v) is 20.4. The van der Waals surface area contributed by atoms with E-state index in [0.29, 0.717) is 10.8 Å². The number of amides is 2. The molecule has 3 N–H and O–H groups in total. The molecule has 3 heterocycles. The third-order valence-electron chi connectivity index (χ3n) is 4.60. The first-order valence-electron chi connectivity index (χ1n) is 9.50. The zero-order valence-electron chi connectivity index (χ0n) is 17.9. The van der Waals surface area contributed by atoms with Crippen molar-refractivity contribution in [3.63, 3.8) is 0 Å². The summed E-state index contributed by atoms with van der Waals surface area (Å²) in [6, 6.07) is -0.683. The Balaban J connectivity index is 0.00000363. The number of anilines is 1. The minimum Gasteiger partial charge on any atom is -0.427 e. The van der Waals surface area contributed by atoms with Gasteiger partial charge in [0.2, 0.25) is 12.7 Å². The Labute approximate surface area is 199 Å². The van der Waals surface area contributed by atoms with E-state index in [0.717, 1.165) is 0 Å². The topological polar surface area (TPSA) is 141 Å². The van der Waals surface area contributed by atoms with Gasteiger partial charge in [-0.25, -0.2) is 9.78 Å². The second kappa shape index (κ2) is 10.1. The number of fused-ring (bicyclic) bond motifs is 1. The lowest BCUT2D eigenvalue weighted by Gasteiger charge is -2.48. The summed E-state index contributed by atoms with van der Waals surface area (Å²) in [6.07, 6.45) is 1.47. The lowest BCUT2D eigenvalue weighted by Crippen LogP contribution is -2.69. The number of nitrogens with two attached hydrogens (primary N) is 1. The number of β-lactam (4-membered cyclic amide) rings is 1. The van der Waals surface area contributed by atoms with Gasteiger partial charge in [-0.15, -0.1) is 35.5 Å². The fraction of sp³-hybridized carbons (Fsp3) is 0.526. The lowest BCUT2D eigenvalue weighted by atomic mass is 9.98. The Morgan fingerprint density at radius 1 is 1.28 bits per heavy atom. The molecule has 2 unspecified atom stereocenters. The molecule has 0 bridgehead atoms. The first kappa shape index (κ1) is 25.9. The number of nitrogen functional groups attached to an aromatic ring is 1. The molecule has 2 aliphatic rings. The van der Waals surface area contributed by atoms with Crippen LogP contribution in [0.2, 0.25) is 0 Å². The molecule has 176 valence electrons. The zero-order chi connectivity index (χ0) is 22.9. The monoisotopic (exact) mass is 504 g/mol. The van der Waals surface area contributed by atoms with Crippen molar-refractivity contribution in [2.45, 2.75) is 50.8 Å². The molecular formula is C19H25ClN4O6S2. The quantitative estimate of drug-likeness (QED) is 0.334. The average Bonchev–Trinajstić information content (AvgIpc) is 3.09. The number of thioether (sulfide) groups is 1. The highest BCUT2D eigenvalue weighted by Crippen LogP contribution is 2.40. The van der Waals surface area contributed by atoms with Crippen LogP contribution >= 0.6 is 35.5 Å². The molecule has 10 nitrogen and oxygen atoms in total. The fourth-order valence-corrected chi connectivity index (χ4v) is 4.81. The van der Waals surface area contributed by atoms with Crippen molar-refractivity contribution in [2.75, 3.05) is 12.5 Å². The summed E-state index contributed by atoms with van der Waals surface area (Å²) >= 11 is 2.60. The van der Waals surface area contributed by atoms with Crippen molar-refractivity contribution in [3.05, 3.63) is 22.8 Å². The second-order valence-electron chi connectivity index (χ2n) is 8.13. The van der Waals surface area contributed by atoms with Crippen LogP contribution in [0.3, 0.4) is 0 Å². The molecule has 3 rings (SSSR count). The van der Waals surface area contributed by atoms with Gasteiger partial charge in [-0.1, -0.05) is 0 Å². The van der Waals surface area contributed by atoms with Crippen LogP contribution in [0.15, 0.2) is 17.2 Å². The van der Waals surface area contributed by atoms with Gasteiger partial charge in [0.05, 0.1) is 23.1 Å². The molecule has 1 aromatic rings. The van der Waals surface area contributed by atoms with E-state index in [-0.39, 0.29) is 46.8 Å². The number of aromatic nitrogens is 1. The highest BCUT2D eigenvalue weighted by Gasteiger charge is 2.51. The Morgan fingerprint density at radius 2 is 1.97 bits per heavy atom. The highest BCUT2D eigenvalue weighted by molar-refractivity contribution is 8.00. The van der Waals surface area contributed by atoms with E-state index < -0.39 is 30.2 Å². The molecule has 1 aromatic heterocycles. The van der Waals surface area contributed by atoms with Crippen LogP contribution in [0.4, 0.5) is 5.13 Å². The van der Waals surface area contributed by atoms with Crippen molar-refractivity contribution >= 4 is 64.4 Å². The van der Waals surface area contributed by atoms with Crippen LogP contribution in [0.25, 0.3) is 0 Å². The third kappa shape index (κ3) is 5.73. The standard InChI is InChI=1S/C19H24N4O6S2.ClH/c1-9-11(16(26)28-8-29-17(27)19(2,3)4)6-23-14(25)13(15(23)31-9)22-12(24)5-10-7-30-18(20)21-10;/h6-7,9,13,15H,5,8H2,1-4H3,(H2,20,21)(H,22,24);1H/t9?,13?,15-;/m1./s1. The number of thiazole rings is 1. The maximum atomic E-state index is 12.5. The summed E-state index contributed by atoms with van der Waals surface area (Å²) in [5.74, 6) is -1.80. The molecule has 1 saturated heterocycles. The Morgan fingerprint density at radius 3 is 2.56 bits per heavy atom. The van der Waals surface area contributed by atoms with Gasteiger partial charge in [0.1, 0.15) is 11.4 Å². The van der Waals surface area contributed by atoms with Crippen LogP contribution in [0, 0.1) is 5.41 Å². The van der Waals surface area contributed by atoms with Crippen molar-refractivity contribution in [2.24, 2.45) is 5.41 Å². The van der Waals surface area contributed by atoms with Gasteiger partial charge in [0.15, 0.2) is 5.13 Å². The number of hydrogen-bond donors (Lipinski definition) is 2. The first-order chi connectivity index (χ1) is 14.5. The molecule has 3 atom stereocenters. The van der Waals surface area contributed by atoms with E-state index in [1.807, 2.05) is 0 Å². The van der Waals surface area contributed by atoms with Crippen LogP contribution in [0.1, 0.15) is 33.4 Å². The van der Waals surface area contributed by atoms with Crippen LogP contribution in [0.5, 0.6) is 0 Å². The van der Waals surface area contributed by atoms with E-state index in [1.165, 1.54) is 34.2 Å². The number of halogens is 1. The second-order valence-corrected chi connectivity index (χ2v) is 10.5. The average molecular weight is 505 g/mol. The van der Waals surface area contributed by atoms with Crippen molar-refractivity contribution in [1.29, 1.82) is 0 Å². The number of ether oxygens (including phenoxy) is 2. The number of esters is 2. The van der Waals surface area contributed by atoms with Crippen molar-refractivity contribution < 1.29 is 28.7 Å². The number of carbonyl (C=O) groups is 4. The minimum atomic E-state index is -0.706. The normalized spacial score (nSPS) is 22.0. The van der Waals surface area contributed by atoms with Gasteiger partial charge in [-0.2, -0.15) is 0 Å². The summed E-state index contributed by atoms with van der Waals surface area (Å²) in [7, 11) is 0. The van der Waals surface area contributed by atoms with Gasteiger partial charge < -0.3 is 25.4 Å². The smallest absolute Gasteiger partial charge is 0.339 e. The van der Waals surface area contributed by atoms with Crippen molar-refractivity contribution in [3.8, 4) is 0 Å². The van der Waals surface area contributed by atoms with E-state index in [9.17, 15) is 19.2 Å². The van der Waals surface area contributed by atoms with Gasteiger partial charge in [-0.3, -0.25) is 14.4 Å². The minimum absolute atomic E-state index is 0. The molecule has 0 saturated carbocycles. The maximum absolute atomic E-state index is 12.5. The lowest BCUT2D eigenvalue weighted by molar-refractivity contribution is -0.171. The molecule has 0 spiro atoms. The van der Waals surface area contributed by atoms with Gasteiger partial charge in [-0.05, 0) is 27.7 Å². The Kier molecular flexibility index (Phi) is 8.18. The SMILES string of the molecule is CC1S[C@@H]2C(NC(=O)Cc3csc(N)n3)C(=O)N2C=C1C(=O)OCOC(=O)C(C)(C)C.Cl. The number of nitrogens with zero attached hydrogens (tertiary/aromatic N) is 2. The van der Waals surface area contributed by atoms with Gasteiger partial charge >= 0.3 is 11.9 Å². The highest BCUT2D eigenvalue weighted by atomic mass is 35.5. The van der Waals surface area contributed by atoms with Crippen LogP contribution in [-0.4, -0.2) is 57.1 Å². The predicted molar refractivity (Wildman–Crippen MR) is 122 cm³/mol. The van der Waals surface area contributed by atoms with Crippen LogP contribution < -0.4 is 11.1 Å². The fourth-order valence-electron chi connectivity index (χ4n) is 2.89. The Bertz CT molecular complexity index is 944.